The summed E-state index contributed by atoms with van der Waals surface area (Å²) in [5.41, 5.74) is -0.900. The van der Waals surface area contributed by atoms with E-state index in [-0.39, 0.29) is 30.1 Å². The summed E-state index contributed by atoms with van der Waals surface area (Å²) in [6, 6.07) is -0.520. The summed E-state index contributed by atoms with van der Waals surface area (Å²) in [5, 5.41) is 11.1. The minimum atomic E-state index is -0.535. The highest BCUT2D eigenvalue weighted by molar-refractivity contribution is 5.79. The van der Waals surface area contributed by atoms with E-state index in [4.69, 9.17) is 13.9 Å². The summed E-state index contributed by atoms with van der Waals surface area (Å²) in [6.07, 6.45) is 1.43. The van der Waals surface area contributed by atoms with Crippen LogP contribution in [0.15, 0.2) is 4.42 Å². The van der Waals surface area contributed by atoms with Gasteiger partial charge in [-0.3, -0.25) is 4.79 Å². The molecule has 9 nitrogen and oxygen atoms in total. The molecule has 2 rings (SSSR count). The second-order valence-corrected chi connectivity index (χ2v) is 9.61. The molecule has 1 aromatic heterocycles. The molecular formula is C21H36N4O5. The number of rotatable bonds is 6. The minimum absolute atomic E-state index is 0.0994. The van der Waals surface area contributed by atoms with Gasteiger partial charge in [0, 0.05) is 25.4 Å². The largest absolute Gasteiger partial charge is 0.444 e. The maximum absolute atomic E-state index is 12.9. The number of hydrogen-bond donors (Lipinski definition) is 1. The van der Waals surface area contributed by atoms with Crippen LogP contribution in [0.25, 0.3) is 0 Å². The predicted octanol–water partition coefficient (Wildman–Crippen LogP) is 3.25. The number of piperidine rings is 1. The Morgan fingerprint density at radius 1 is 1.13 bits per heavy atom. The number of carbonyl (C=O) groups is 2. The zero-order valence-electron chi connectivity index (χ0n) is 19.3. The average molecular weight is 425 g/mol. The molecule has 1 saturated heterocycles. The van der Waals surface area contributed by atoms with Crippen LogP contribution in [0, 0.1) is 5.92 Å². The summed E-state index contributed by atoms with van der Waals surface area (Å²) >= 11 is 0. The average Bonchev–Trinajstić information content (AvgIpc) is 3.12. The quantitative estimate of drug-likeness (QED) is 0.747. The van der Waals surface area contributed by atoms with E-state index < -0.39 is 11.6 Å². The summed E-state index contributed by atoms with van der Waals surface area (Å²) in [7, 11) is 0. The van der Waals surface area contributed by atoms with Crippen LogP contribution in [-0.2, 0) is 20.7 Å². The highest BCUT2D eigenvalue weighted by Crippen LogP contribution is 2.22. The Kier molecular flexibility index (Phi) is 7.85. The van der Waals surface area contributed by atoms with Crippen molar-refractivity contribution in [2.24, 2.45) is 5.92 Å². The first-order chi connectivity index (χ1) is 13.9. The van der Waals surface area contributed by atoms with Crippen LogP contribution in [0.5, 0.6) is 0 Å². The standard InChI is InChI=1S/C21H36N4O5/c1-8-16-23-24-18(29-16)15(13-28-20(2,3)4)22-17(26)14-9-11-25(12-10-14)19(27)30-21(5,6)7/h14-15H,8-13H2,1-7H3,(H,22,26)/t15-/m0/s1. The van der Waals surface area contributed by atoms with E-state index in [9.17, 15) is 9.59 Å². The van der Waals surface area contributed by atoms with Gasteiger partial charge in [0.1, 0.15) is 11.6 Å². The molecule has 2 heterocycles. The van der Waals surface area contributed by atoms with Crippen molar-refractivity contribution in [3.8, 4) is 0 Å². The molecule has 9 heteroatoms. The summed E-state index contributed by atoms with van der Waals surface area (Å²) in [6.45, 7) is 14.5. The lowest BCUT2D eigenvalue weighted by molar-refractivity contribution is -0.128. The third-order valence-electron chi connectivity index (χ3n) is 4.60. The van der Waals surface area contributed by atoms with Crippen molar-refractivity contribution in [1.82, 2.24) is 20.4 Å². The lowest BCUT2D eigenvalue weighted by atomic mass is 9.96. The zero-order valence-corrected chi connectivity index (χ0v) is 19.3. The first-order valence-electron chi connectivity index (χ1n) is 10.6. The minimum Gasteiger partial charge on any atom is -0.444 e. The Hall–Kier alpha value is -2.16. The van der Waals surface area contributed by atoms with Crippen molar-refractivity contribution < 1.29 is 23.5 Å². The van der Waals surface area contributed by atoms with E-state index in [1.807, 2.05) is 48.5 Å². The number of amides is 2. The molecule has 1 aliphatic rings. The van der Waals surface area contributed by atoms with Crippen molar-refractivity contribution in [3.05, 3.63) is 11.8 Å². The van der Waals surface area contributed by atoms with Crippen molar-refractivity contribution >= 4 is 12.0 Å². The van der Waals surface area contributed by atoms with Gasteiger partial charge in [-0.05, 0) is 54.4 Å². The van der Waals surface area contributed by atoms with Crippen LogP contribution < -0.4 is 5.32 Å². The molecular weight excluding hydrogens is 388 g/mol. The molecule has 1 aliphatic heterocycles. The number of nitrogens with one attached hydrogen (secondary N) is 1. The SMILES string of the molecule is CCc1nnc([C@H](COC(C)(C)C)NC(=O)C2CCN(C(=O)OC(C)(C)C)CC2)o1. The Morgan fingerprint density at radius 2 is 1.77 bits per heavy atom. The first kappa shape index (κ1) is 24.1. The molecule has 1 fully saturated rings. The molecule has 0 bridgehead atoms. The van der Waals surface area contributed by atoms with Crippen LogP contribution in [0.4, 0.5) is 4.79 Å². The molecule has 0 aromatic carbocycles. The highest BCUT2D eigenvalue weighted by atomic mass is 16.6. The molecule has 1 N–H and O–H groups in total. The third-order valence-corrected chi connectivity index (χ3v) is 4.60. The van der Waals surface area contributed by atoms with Crippen molar-refractivity contribution in [1.29, 1.82) is 0 Å². The molecule has 0 saturated carbocycles. The Labute approximate surface area is 178 Å². The van der Waals surface area contributed by atoms with Crippen molar-refractivity contribution in [2.45, 2.75) is 85.0 Å². The van der Waals surface area contributed by atoms with Crippen molar-refractivity contribution in [2.75, 3.05) is 19.7 Å². The number of aromatic nitrogens is 2. The zero-order chi connectivity index (χ0) is 22.5. The molecule has 0 aliphatic carbocycles. The topological polar surface area (TPSA) is 107 Å². The van der Waals surface area contributed by atoms with Crippen LogP contribution in [0.2, 0.25) is 0 Å². The monoisotopic (exact) mass is 424 g/mol. The fourth-order valence-electron chi connectivity index (χ4n) is 3.00. The van der Waals surface area contributed by atoms with Crippen LogP contribution in [0.3, 0.4) is 0 Å². The van der Waals surface area contributed by atoms with Gasteiger partial charge in [0.05, 0.1) is 12.2 Å². The first-order valence-corrected chi connectivity index (χ1v) is 10.6. The second-order valence-electron chi connectivity index (χ2n) is 9.61. The van der Waals surface area contributed by atoms with Gasteiger partial charge >= 0.3 is 6.09 Å². The van der Waals surface area contributed by atoms with Crippen LogP contribution in [0.1, 0.15) is 79.1 Å². The van der Waals surface area contributed by atoms with Gasteiger partial charge in [-0.1, -0.05) is 6.92 Å². The van der Waals surface area contributed by atoms with Gasteiger partial charge in [-0.15, -0.1) is 10.2 Å². The summed E-state index contributed by atoms with van der Waals surface area (Å²) < 4.78 is 16.9. The van der Waals surface area contributed by atoms with Gasteiger partial charge in [0.2, 0.25) is 17.7 Å². The van der Waals surface area contributed by atoms with Crippen molar-refractivity contribution in [3.63, 3.8) is 0 Å². The van der Waals surface area contributed by atoms with E-state index in [1.54, 1.807) is 4.90 Å². The van der Waals surface area contributed by atoms with Gasteiger partial charge in [-0.25, -0.2) is 4.79 Å². The summed E-state index contributed by atoms with van der Waals surface area (Å²) in [5.74, 6) is 0.563. The molecule has 30 heavy (non-hydrogen) atoms. The Bertz CT molecular complexity index is 712. The van der Waals surface area contributed by atoms with E-state index in [0.717, 1.165) is 0 Å². The number of nitrogens with zero attached hydrogens (tertiary/aromatic N) is 3. The number of ether oxygens (including phenoxy) is 2. The number of hydrogen-bond acceptors (Lipinski definition) is 7. The number of likely N-dealkylation sites (tertiary alicyclic amines) is 1. The van der Waals surface area contributed by atoms with Crippen LogP contribution in [-0.4, -0.2) is 58.0 Å². The molecule has 1 atom stereocenters. The smallest absolute Gasteiger partial charge is 0.410 e. The predicted molar refractivity (Wildman–Crippen MR) is 111 cm³/mol. The van der Waals surface area contributed by atoms with E-state index in [2.05, 4.69) is 15.5 Å². The molecule has 0 radical (unpaired) electrons. The van der Waals surface area contributed by atoms with Gasteiger partial charge in [0.15, 0.2) is 0 Å². The lowest BCUT2D eigenvalue weighted by Crippen LogP contribution is -2.46. The molecule has 2 amide bonds. The third kappa shape index (κ3) is 7.59. The van der Waals surface area contributed by atoms with E-state index in [0.29, 0.717) is 44.1 Å². The molecule has 1 aromatic rings. The maximum Gasteiger partial charge on any atom is 0.410 e. The molecule has 170 valence electrons. The highest BCUT2D eigenvalue weighted by Gasteiger charge is 2.32. The van der Waals surface area contributed by atoms with Gasteiger partial charge in [0.25, 0.3) is 0 Å². The van der Waals surface area contributed by atoms with Crippen LogP contribution >= 0.6 is 0 Å². The van der Waals surface area contributed by atoms with E-state index in [1.165, 1.54) is 0 Å². The Morgan fingerprint density at radius 3 is 2.27 bits per heavy atom. The molecule has 0 unspecified atom stereocenters. The van der Waals surface area contributed by atoms with Gasteiger partial charge < -0.3 is 24.1 Å². The maximum atomic E-state index is 12.9. The summed E-state index contributed by atoms with van der Waals surface area (Å²) in [4.78, 5) is 26.8. The Balaban J connectivity index is 1.96. The van der Waals surface area contributed by atoms with Gasteiger partial charge in [-0.2, -0.15) is 0 Å². The van der Waals surface area contributed by atoms with E-state index >= 15 is 0 Å². The fourth-order valence-corrected chi connectivity index (χ4v) is 3.00. The second kappa shape index (κ2) is 9.76. The molecule has 0 spiro atoms. The number of carbonyl (C=O) groups excluding carboxylic acids is 2. The number of aryl methyl sites for hydroxylation is 1. The lowest BCUT2D eigenvalue weighted by Gasteiger charge is -2.33. The normalized spacial score (nSPS) is 17.0. The fraction of sp³-hybridized carbons (Fsp3) is 0.810.